The van der Waals surface area contributed by atoms with E-state index in [2.05, 4.69) is 4.74 Å². The summed E-state index contributed by atoms with van der Waals surface area (Å²) in [7, 11) is 0. The lowest BCUT2D eigenvalue weighted by molar-refractivity contribution is -0.325. The van der Waals surface area contributed by atoms with Gasteiger partial charge in [-0.1, -0.05) is 12.2 Å². The van der Waals surface area contributed by atoms with Gasteiger partial charge in [0.25, 0.3) is 0 Å². The molecular weight excluding hydrogens is 285 g/mol. The smallest absolute Gasteiger partial charge is 0.392 e. The highest BCUT2D eigenvalue weighted by atomic mass is 32.2. The third-order valence-electron chi connectivity index (χ3n) is 3.18. The molecule has 0 radical (unpaired) electrons. The second kappa shape index (κ2) is 6.40. The van der Waals surface area contributed by atoms with Crippen molar-refractivity contribution in [3.8, 4) is 0 Å². The number of nitrogens with two attached hydrogens (primary N) is 1. The minimum Gasteiger partial charge on any atom is -0.392 e. The van der Waals surface area contributed by atoms with Gasteiger partial charge in [-0.2, -0.15) is 11.8 Å². The molecule has 3 nitrogen and oxygen atoms in total. The van der Waals surface area contributed by atoms with Gasteiger partial charge in [-0.3, -0.25) is 4.74 Å². The van der Waals surface area contributed by atoms with Crippen LogP contribution >= 0.6 is 24.0 Å². The van der Waals surface area contributed by atoms with Crippen LogP contribution in [0.1, 0.15) is 12.8 Å². The number of halogens is 3. The summed E-state index contributed by atoms with van der Waals surface area (Å²) in [4.78, 5) is 2.43. The zero-order valence-corrected chi connectivity index (χ0v) is 11.8. The molecular formula is C10H17F3N2OS2. The Bertz CT molecular complexity index is 291. The Morgan fingerprint density at radius 2 is 2.00 bits per heavy atom. The fraction of sp³-hybridized carbons (Fsp3) is 0.900. The quantitative estimate of drug-likeness (QED) is 0.787. The number of rotatable bonds is 5. The van der Waals surface area contributed by atoms with Gasteiger partial charge in [-0.15, -0.1) is 13.2 Å². The molecule has 0 saturated carbocycles. The van der Waals surface area contributed by atoms with E-state index < -0.39 is 6.36 Å². The summed E-state index contributed by atoms with van der Waals surface area (Å²) < 4.78 is 39.0. The Morgan fingerprint density at radius 1 is 1.44 bits per heavy atom. The third kappa shape index (κ3) is 4.56. The molecule has 1 saturated heterocycles. The van der Waals surface area contributed by atoms with Crippen molar-refractivity contribution < 1.29 is 17.9 Å². The first-order chi connectivity index (χ1) is 8.29. The van der Waals surface area contributed by atoms with Crippen LogP contribution in [0.4, 0.5) is 13.2 Å². The number of hydrogen-bond acceptors (Lipinski definition) is 4. The predicted molar refractivity (Wildman–Crippen MR) is 70.7 cm³/mol. The van der Waals surface area contributed by atoms with Crippen LogP contribution in [0.25, 0.3) is 0 Å². The Hall–Kier alpha value is -0.0500. The predicted octanol–water partition coefficient (Wildman–Crippen LogP) is 2.01. The molecule has 1 heterocycles. The molecule has 1 rings (SSSR count). The van der Waals surface area contributed by atoms with Crippen molar-refractivity contribution in [3.63, 3.8) is 0 Å². The summed E-state index contributed by atoms with van der Waals surface area (Å²) in [5.74, 6) is 0. The van der Waals surface area contributed by atoms with E-state index in [9.17, 15) is 13.2 Å². The SMILES string of the molecule is CSC1(C(N)=S)CCN(CCOC(F)(F)F)CC1. The molecule has 1 aliphatic heterocycles. The Morgan fingerprint density at radius 3 is 2.39 bits per heavy atom. The van der Waals surface area contributed by atoms with Crippen molar-refractivity contribution >= 4 is 29.0 Å². The highest BCUT2D eigenvalue weighted by Crippen LogP contribution is 2.34. The van der Waals surface area contributed by atoms with Gasteiger partial charge in [0.05, 0.1) is 16.3 Å². The lowest BCUT2D eigenvalue weighted by atomic mass is 9.95. The highest BCUT2D eigenvalue weighted by Gasteiger charge is 2.36. The second-order valence-electron chi connectivity index (χ2n) is 4.20. The fourth-order valence-electron chi connectivity index (χ4n) is 1.98. The van der Waals surface area contributed by atoms with Gasteiger partial charge in [0.2, 0.25) is 0 Å². The summed E-state index contributed by atoms with van der Waals surface area (Å²) in [6, 6.07) is 0. The molecule has 0 aromatic carbocycles. The number of likely N-dealkylation sites (tertiary alicyclic amines) is 1. The topological polar surface area (TPSA) is 38.5 Å². The number of nitrogens with zero attached hydrogens (tertiary/aromatic N) is 1. The first kappa shape index (κ1) is 16.0. The van der Waals surface area contributed by atoms with Gasteiger partial charge in [0.1, 0.15) is 0 Å². The first-order valence-electron chi connectivity index (χ1n) is 5.57. The summed E-state index contributed by atoms with van der Waals surface area (Å²) in [5, 5.41) is 0. The molecule has 0 aliphatic carbocycles. The number of alkyl halides is 3. The molecule has 0 spiro atoms. The van der Waals surface area contributed by atoms with Crippen LogP contribution in [0, 0.1) is 0 Å². The van der Waals surface area contributed by atoms with Crippen molar-refractivity contribution in [1.29, 1.82) is 0 Å². The maximum Gasteiger partial charge on any atom is 0.522 e. The van der Waals surface area contributed by atoms with Gasteiger partial charge >= 0.3 is 6.36 Å². The lowest BCUT2D eigenvalue weighted by Gasteiger charge is -2.40. The molecule has 2 N–H and O–H groups in total. The molecule has 1 aliphatic rings. The van der Waals surface area contributed by atoms with E-state index in [1.165, 1.54) is 0 Å². The number of ether oxygens (including phenoxy) is 1. The van der Waals surface area contributed by atoms with Gasteiger partial charge in [0.15, 0.2) is 0 Å². The molecule has 8 heteroatoms. The maximum absolute atomic E-state index is 11.8. The zero-order chi connectivity index (χ0) is 13.8. The number of thiocarbonyl (C=S) groups is 1. The van der Waals surface area contributed by atoms with Crippen LogP contribution in [-0.2, 0) is 4.74 Å². The Labute approximate surface area is 114 Å². The summed E-state index contributed by atoms with van der Waals surface area (Å²) in [6.07, 6.45) is -1.04. The van der Waals surface area contributed by atoms with E-state index in [1.54, 1.807) is 11.8 Å². The van der Waals surface area contributed by atoms with Crippen molar-refractivity contribution in [3.05, 3.63) is 0 Å². The number of thioether (sulfide) groups is 1. The Balaban J connectivity index is 2.33. The van der Waals surface area contributed by atoms with Crippen LogP contribution in [-0.4, -0.2) is 53.5 Å². The largest absolute Gasteiger partial charge is 0.522 e. The summed E-state index contributed by atoms with van der Waals surface area (Å²) in [5.41, 5.74) is 5.73. The van der Waals surface area contributed by atoms with Gasteiger partial charge < -0.3 is 10.6 Å². The first-order valence-corrected chi connectivity index (χ1v) is 7.20. The van der Waals surface area contributed by atoms with Crippen LogP contribution in [0.2, 0.25) is 0 Å². The molecule has 0 atom stereocenters. The molecule has 0 aromatic rings. The highest BCUT2D eigenvalue weighted by molar-refractivity contribution is 8.02. The van der Waals surface area contributed by atoms with E-state index in [1.807, 2.05) is 11.2 Å². The molecule has 0 unspecified atom stereocenters. The normalized spacial score (nSPS) is 20.9. The number of piperidine rings is 1. The van der Waals surface area contributed by atoms with E-state index >= 15 is 0 Å². The zero-order valence-electron chi connectivity index (χ0n) is 10.1. The third-order valence-corrected chi connectivity index (χ3v) is 5.11. The summed E-state index contributed by atoms with van der Waals surface area (Å²) >= 11 is 6.69. The molecule has 1 fully saturated rings. The average molecular weight is 302 g/mol. The molecule has 0 aromatic heterocycles. The van der Waals surface area contributed by atoms with E-state index in [4.69, 9.17) is 18.0 Å². The average Bonchev–Trinajstić information content (AvgIpc) is 2.28. The minimum absolute atomic E-state index is 0.198. The van der Waals surface area contributed by atoms with E-state index in [0.29, 0.717) is 18.1 Å². The Kier molecular flexibility index (Phi) is 5.69. The van der Waals surface area contributed by atoms with Crippen LogP contribution in [0.5, 0.6) is 0 Å². The van der Waals surface area contributed by atoms with Crippen molar-refractivity contribution in [2.24, 2.45) is 5.73 Å². The molecule has 0 bridgehead atoms. The fourth-order valence-corrected chi connectivity index (χ4v) is 3.23. The molecule has 106 valence electrons. The summed E-state index contributed by atoms with van der Waals surface area (Å²) in [6.45, 7) is 1.34. The number of hydrogen-bond donors (Lipinski definition) is 1. The lowest BCUT2D eigenvalue weighted by Crippen LogP contribution is -2.49. The maximum atomic E-state index is 11.8. The van der Waals surface area contributed by atoms with E-state index in [0.717, 1.165) is 12.8 Å². The molecule has 18 heavy (non-hydrogen) atoms. The second-order valence-corrected chi connectivity index (χ2v) is 5.83. The van der Waals surface area contributed by atoms with E-state index in [-0.39, 0.29) is 17.9 Å². The standard InChI is InChI=1S/C10H17F3N2OS2/c1-18-9(8(14)17)2-4-15(5-3-9)6-7-16-10(11,12)13/h2-7H2,1H3,(H2,14,17). The van der Waals surface area contributed by atoms with Gasteiger partial charge in [-0.25, -0.2) is 0 Å². The van der Waals surface area contributed by atoms with Gasteiger partial charge in [0, 0.05) is 6.54 Å². The van der Waals surface area contributed by atoms with Crippen LogP contribution in [0.15, 0.2) is 0 Å². The monoisotopic (exact) mass is 302 g/mol. The molecule has 0 amide bonds. The van der Waals surface area contributed by atoms with Crippen molar-refractivity contribution in [1.82, 2.24) is 4.90 Å². The van der Waals surface area contributed by atoms with Crippen molar-refractivity contribution in [2.45, 2.75) is 24.0 Å². The minimum atomic E-state index is -4.54. The van der Waals surface area contributed by atoms with Crippen molar-refractivity contribution in [2.75, 3.05) is 32.5 Å². The van der Waals surface area contributed by atoms with Crippen LogP contribution in [0.3, 0.4) is 0 Å². The van der Waals surface area contributed by atoms with Crippen LogP contribution < -0.4 is 5.73 Å². The van der Waals surface area contributed by atoms with Gasteiger partial charge in [-0.05, 0) is 32.2 Å².